The minimum absolute atomic E-state index is 0.0175. The Balaban J connectivity index is 1.64. The maximum Gasteiger partial charge on any atom is 0.508 e. The summed E-state index contributed by atoms with van der Waals surface area (Å²) in [7, 11) is -1.92. The fourth-order valence-electron chi connectivity index (χ4n) is 4.89. The van der Waals surface area contributed by atoms with Crippen LogP contribution in [0.3, 0.4) is 0 Å². The molecule has 0 radical (unpaired) electrons. The quantitative estimate of drug-likeness (QED) is 0.266. The van der Waals surface area contributed by atoms with E-state index in [-0.39, 0.29) is 48.2 Å². The molecule has 1 aliphatic rings. The zero-order valence-electron chi connectivity index (χ0n) is 23.4. The number of carbonyl (C=O) groups is 2. The van der Waals surface area contributed by atoms with Gasteiger partial charge in [0.1, 0.15) is 12.4 Å². The molecule has 2 heterocycles. The third kappa shape index (κ3) is 7.78. The van der Waals surface area contributed by atoms with Crippen LogP contribution in [0.25, 0.3) is 11.0 Å². The van der Waals surface area contributed by atoms with Crippen molar-refractivity contribution in [2.75, 3.05) is 26.4 Å². The highest BCUT2D eigenvalue weighted by molar-refractivity contribution is 7.84. The third-order valence-electron chi connectivity index (χ3n) is 6.92. The van der Waals surface area contributed by atoms with Crippen molar-refractivity contribution in [3.63, 3.8) is 0 Å². The van der Waals surface area contributed by atoms with E-state index in [0.717, 1.165) is 32.1 Å². The molecule has 1 aromatic carbocycles. The molecule has 1 atom stereocenters. The Bertz CT molecular complexity index is 1420. The van der Waals surface area contributed by atoms with Crippen LogP contribution in [0.4, 0.5) is 22.8 Å². The lowest BCUT2D eigenvalue weighted by atomic mass is 9.94. The van der Waals surface area contributed by atoms with Crippen molar-refractivity contribution in [1.82, 2.24) is 19.4 Å². The average molecular weight is 611 g/mol. The number of alkyl halides is 3. The molecule has 2 aromatic heterocycles. The summed E-state index contributed by atoms with van der Waals surface area (Å²) >= 11 is 0. The molecule has 0 unspecified atom stereocenters. The normalized spacial score (nSPS) is 14.9. The van der Waals surface area contributed by atoms with E-state index in [2.05, 4.69) is 9.97 Å². The molecule has 1 amide bonds. The maximum atomic E-state index is 14.2. The molecule has 0 N–H and O–H groups in total. The van der Waals surface area contributed by atoms with E-state index in [1.54, 1.807) is 36.1 Å². The summed E-state index contributed by atoms with van der Waals surface area (Å²) in [6.07, 6.45) is 0.409. The number of ether oxygens (including phenoxy) is 3. The van der Waals surface area contributed by atoms with Gasteiger partial charge in [-0.05, 0) is 44.9 Å². The van der Waals surface area contributed by atoms with Gasteiger partial charge in [0, 0.05) is 17.8 Å². The highest BCUT2D eigenvalue weighted by Crippen LogP contribution is 2.28. The number of rotatable bonds is 10. The summed E-state index contributed by atoms with van der Waals surface area (Å²) in [5, 5.41) is -0.0175. The van der Waals surface area contributed by atoms with Crippen molar-refractivity contribution >= 4 is 34.0 Å². The summed E-state index contributed by atoms with van der Waals surface area (Å²) in [5.74, 6) is -0.231. The Kier molecular flexibility index (Phi) is 10.4. The van der Waals surface area contributed by atoms with Gasteiger partial charge in [0.2, 0.25) is 5.16 Å². The number of para-hydroxylation sites is 2. The molecule has 1 aliphatic carbocycles. The van der Waals surface area contributed by atoms with Crippen molar-refractivity contribution in [2.45, 2.75) is 69.1 Å². The molecule has 228 valence electrons. The minimum atomic E-state index is -4.52. The van der Waals surface area contributed by atoms with Gasteiger partial charge in [-0.3, -0.25) is 9.19 Å². The average Bonchev–Trinajstić information content (AvgIpc) is 3.35. The van der Waals surface area contributed by atoms with Gasteiger partial charge in [0.05, 0.1) is 46.4 Å². The minimum Gasteiger partial charge on any atom is -0.484 e. The number of halogens is 3. The molecule has 1 fully saturated rings. The van der Waals surface area contributed by atoms with Crippen LogP contribution >= 0.6 is 0 Å². The first-order valence-corrected chi connectivity index (χ1v) is 15.0. The summed E-state index contributed by atoms with van der Waals surface area (Å²) < 4.78 is 68.1. The van der Waals surface area contributed by atoms with Gasteiger partial charge in [0.25, 0.3) is 0 Å². The topological polar surface area (TPSA) is 113 Å². The van der Waals surface area contributed by atoms with Crippen LogP contribution in [-0.4, -0.2) is 74.4 Å². The second-order valence-electron chi connectivity index (χ2n) is 9.79. The monoisotopic (exact) mass is 610 g/mol. The van der Waals surface area contributed by atoms with E-state index in [4.69, 9.17) is 14.2 Å². The zero-order chi connectivity index (χ0) is 30.3. The number of fused-ring (bicyclic) bond motifs is 1. The summed E-state index contributed by atoms with van der Waals surface area (Å²) in [6.45, 7) is 1.90. The van der Waals surface area contributed by atoms with E-state index in [9.17, 15) is 27.0 Å². The van der Waals surface area contributed by atoms with Crippen LogP contribution in [-0.2, 0) is 26.0 Å². The second-order valence-corrected chi connectivity index (χ2v) is 11.1. The lowest BCUT2D eigenvalue weighted by Gasteiger charge is -2.34. The number of nitrogens with zero attached hydrogens (tertiary/aromatic N) is 4. The summed E-state index contributed by atoms with van der Waals surface area (Å²) in [6, 6.07) is 7.61. The zero-order valence-corrected chi connectivity index (χ0v) is 24.2. The lowest BCUT2D eigenvalue weighted by Crippen LogP contribution is -2.46. The van der Waals surface area contributed by atoms with Crippen LogP contribution in [0, 0.1) is 6.92 Å². The van der Waals surface area contributed by atoms with Crippen LogP contribution in [0.15, 0.2) is 41.7 Å². The number of hydrogen-bond acceptors (Lipinski definition) is 8. The Morgan fingerprint density at radius 2 is 1.86 bits per heavy atom. The number of amides is 1. The van der Waals surface area contributed by atoms with Crippen LogP contribution in [0.5, 0.6) is 5.75 Å². The van der Waals surface area contributed by atoms with E-state index < -0.39 is 35.8 Å². The molecule has 0 saturated heterocycles. The van der Waals surface area contributed by atoms with Gasteiger partial charge in [0.15, 0.2) is 6.61 Å². The van der Waals surface area contributed by atoms with Crippen LogP contribution in [0.1, 0.15) is 50.3 Å². The molecule has 10 nitrogen and oxygen atoms in total. The van der Waals surface area contributed by atoms with E-state index in [1.807, 2.05) is 0 Å². The van der Waals surface area contributed by atoms with Gasteiger partial charge in [-0.15, -0.1) is 0 Å². The van der Waals surface area contributed by atoms with E-state index in [1.165, 1.54) is 23.8 Å². The number of aromatic nitrogens is 3. The smallest absolute Gasteiger partial charge is 0.484 e. The van der Waals surface area contributed by atoms with E-state index in [0.29, 0.717) is 16.6 Å². The summed E-state index contributed by atoms with van der Waals surface area (Å²) in [5.41, 5.74) is 1.47. The first kappa shape index (κ1) is 31.3. The molecule has 0 bridgehead atoms. The molecule has 3 aromatic rings. The Morgan fingerprint density at radius 3 is 2.57 bits per heavy atom. The van der Waals surface area contributed by atoms with Gasteiger partial charge in [-0.1, -0.05) is 31.4 Å². The molecule has 0 spiro atoms. The highest BCUT2D eigenvalue weighted by Gasteiger charge is 2.32. The predicted molar refractivity (Wildman–Crippen MR) is 148 cm³/mol. The Labute approximate surface area is 243 Å². The third-order valence-corrected chi connectivity index (χ3v) is 8.14. The standard InChI is InChI=1S/C28H33F3N4O6S/c1-3-39-27(37)40-16-15-34(20-9-5-4-6-10-20)26(36)35-23-12-8-7-11-21(23)33-25(35)42(38)17-22-19(2)24(13-14-32-22)41-18-28(29,30)31/h7-8,11-14,20H,3-6,9-10,15-18H2,1-2H3/t42-/m0/s1. The van der Waals surface area contributed by atoms with Crippen molar-refractivity contribution in [3.8, 4) is 5.75 Å². The van der Waals surface area contributed by atoms with Crippen molar-refractivity contribution in [3.05, 3.63) is 47.8 Å². The molecule has 42 heavy (non-hydrogen) atoms. The molecule has 4 rings (SSSR count). The van der Waals surface area contributed by atoms with Crippen molar-refractivity contribution in [2.24, 2.45) is 0 Å². The van der Waals surface area contributed by atoms with Crippen molar-refractivity contribution < 1.29 is 41.2 Å². The molecular weight excluding hydrogens is 577 g/mol. The Morgan fingerprint density at radius 1 is 1.12 bits per heavy atom. The number of carbonyl (C=O) groups excluding carboxylic acids is 2. The second kappa shape index (κ2) is 14.0. The molecule has 0 aliphatic heterocycles. The number of pyridine rings is 1. The Hall–Kier alpha value is -3.68. The lowest BCUT2D eigenvalue weighted by molar-refractivity contribution is -0.153. The SMILES string of the molecule is CCOC(=O)OCCN(C(=O)n1c([S@@](=O)Cc2nccc(OCC(F)(F)F)c2C)nc2ccccc21)C1CCCCC1. The van der Waals surface area contributed by atoms with Crippen LogP contribution < -0.4 is 4.74 Å². The first-order chi connectivity index (χ1) is 20.1. The fourth-order valence-corrected chi connectivity index (χ4v) is 6.14. The maximum absolute atomic E-state index is 14.2. The predicted octanol–water partition coefficient (Wildman–Crippen LogP) is 5.76. The molecule has 1 saturated carbocycles. The van der Waals surface area contributed by atoms with Crippen molar-refractivity contribution in [1.29, 1.82) is 0 Å². The first-order valence-electron chi connectivity index (χ1n) is 13.7. The van der Waals surface area contributed by atoms with Gasteiger partial charge >= 0.3 is 18.4 Å². The fraction of sp³-hybridized carbons (Fsp3) is 0.500. The molecular formula is C28H33F3N4O6S. The van der Waals surface area contributed by atoms with E-state index >= 15 is 0 Å². The highest BCUT2D eigenvalue weighted by atomic mass is 32.2. The number of hydrogen-bond donors (Lipinski definition) is 0. The largest absolute Gasteiger partial charge is 0.508 e. The molecule has 14 heteroatoms. The van der Waals surface area contributed by atoms with Gasteiger partial charge in [-0.2, -0.15) is 13.2 Å². The van der Waals surface area contributed by atoms with Gasteiger partial charge < -0.3 is 19.1 Å². The number of benzene rings is 1. The summed E-state index contributed by atoms with van der Waals surface area (Å²) in [4.78, 5) is 36.3. The number of imidazole rings is 1. The van der Waals surface area contributed by atoms with Gasteiger partial charge in [-0.25, -0.2) is 19.1 Å². The van der Waals surface area contributed by atoms with Crippen LogP contribution in [0.2, 0.25) is 0 Å².